The van der Waals surface area contributed by atoms with Crippen molar-refractivity contribution in [3.63, 3.8) is 0 Å². The zero-order valence-corrected chi connectivity index (χ0v) is 17.8. The van der Waals surface area contributed by atoms with E-state index in [0.29, 0.717) is 28.9 Å². The molecule has 2 heterocycles. The highest BCUT2D eigenvalue weighted by molar-refractivity contribution is 6.31. The maximum absolute atomic E-state index is 13.1. The summed E-state index contributed by atoms with van der Waals surface area (Å²) in [6.07, 6.45) is -2.57. The van der Waals surface area contributed by atoms with Gasteiger partial charge in [-0.15, -0.1) is 0 Å². The molecule has 0 aliphatic carbocycles. The summed E-state index contributed by atoms with van der Waals surface area (Å²) in [5.41, 5.74) is 5.59. The highest BCUT2D eigenvalue weighted by Gasteiger charge is 2.35. The summed E-state index contributed by atoms with van der Waals surface area (Å²) in [5, 5.41) is 5.82. The fourth-order valence-electron chi connectivity index (χ4n) is 3.60. The van der Waals surface area contributed by atoms with E-state index in [9.17, 15) is 18.0 Å². The van der Waals surface area contributed by atoms with Gasteiger partial charge in [-0.2, -0.15) is 18.3 Å². The number of rotatable bonds is 7. The largest absolute Gasteiger partial charge is 0.435 e. The number of methoxy groups -OCH3 is 1. The molecule has 1 amide bonds. The minimum absolute atomic E-state index is 0.0618. The van der Waals surface area contributed by atoms with Crippen LogP contribution in [0.5, 0.6) is 0 Å². The zero-order chi connectivity index (χ0) is 22.6. The molecule has 3 rings (SSSR count). The predicted octanol–water partition coefficient (Wildman–Crippen LogP) is 3.42. The van der Waals surface area contributed by atoms with Crippen molar-refractivity contribution < 1.29 is 22.7 Å². The lowest BCUT2D eigenvalue weighted by atomic mass is 10.1. The molecule has 11 heteroatoms. The average molecular weight is 460 g/mol. The number of alkyl halides is 3. The number of benzene rings is 1. The van der Waals surface area contributed by atoms with Gasteiger partial charge in [-0.25, -0.2) is 0 Å². The molecule has 31 heavy (non-hydrogen) atoms. The Hall–Kier alpha value is -2.30. The Balaban J connectivity index is 1.79. The summed E-state index contributed by atoms with van der Waals surface area (Å²) in [6, 6.07) is 5.72. The molecule has 7 nitrogen and oxygen atoms in total. The number of carbonyl (C=O) groups is 1. The second-order valence-electron chi connectivity index (χ2n) is 7.50. The molecular weight excluding hydrogens is 435 g/mol. The number of ether oxygens (including phenoxy) is 1. The topological polar surface area (TPSA) is 87.5 Å². The number of nitrogen functional groups attached to an aromatic ring is 1. The zero-order valence-electron chi connectivity index (χ0n) is 17.1. The van der Waals surface area contributed by atoms with Gasteiger partial charge < -0.3 is 15.4 Å². The number of halogens is 4. The van der Waals surface area contributed by atoms with E-state index in [4.69, 9.17) is 22.1 Å². The van der Waals surface area contributed by atoms with Crippen LogP contribution < -0.4 is 5.73 Å². The number of piperidine rings is 1. The van der Waals surface area contributed by atoms with E-state index in [0.717, 1.165) is 25.9 Å². The number of likely N-dealkylation sites (tertiary alicyclic amines) is 1. The first kappa shape index (κ1) is 23.4. The Morgan fingerprint density at radius 1 is 1.45 bits per heavy atom. The summed E-state index contributed by atoms with van der Waals surface area (Å²) in [4.78, 5) is 16.7. The number of nitrogens with zero attached hydrogens (tertiary/aromatic N) is 3. The van der Waals surface area contributed by atoms with Gasteiger partial charge in [-0.1, -0.05) is 17.7 Å². The minimum Gasteiger partial charge on any atom is -0.398 e. The van der Waals surface area contributed by atoms with Crippen molar-refractivity contribution in [2.45, 2.75) is 31.7 Å². The molecule has 1 aliphatic rings. The highest BCUT2D eigenvalue weighted by atomic mass is 35.5. The maximum Gasteiger partial charge on any atom is 0.435 e. The second kappa shape index (κ2) is 9.88. The Labute approximate surface area is 183 Å². The van der Waals surface area contributed by atoms with Gasteiger partial charge in [0, 0.05) is 55.6 Å². The van der Waals surface area contributed by atoms with E-state index in [1.165, 1.54) is 4.90 Å². The van der Waals surface area contributed by atoms with E-state index in [-0.39, 0.29) is 24.9 Å². The lowest BCUT2D eigenvalue weighted by molar-refractivity contribution is -0.141. The number of nitrogens with two attached hydrogens (primary N) is 1. The first-order chi connectivity index (χ1) is 14.7. The third kappa shape index (κ3) is 5.90. The number of nitrogens with one attached hydrogen (secondary N) is 1. The van der Waals surface area contributed by atoms with Crippen molar-refractivity contribution in [3.05, 3.63) is 46.2 Å². The smallest absolute Gasteiger partial charge is 0.398 e. The van der Waals surface area contributed by atoms with Crippen LogP contribution in [0.1, 0.15) is 34.6 Å². The maximum atomic E-state index is 13.1. The standard InChI is InChI=1S/C20H25ClF3N5O2/c1-31-13-4-3-7-28(11-13)8-9-29(12-14-15(21)5-2-6-16(14)25)19(30)17-10-18(27-26-17)20(22,23)24/h2,5-6,10,13H,3-4,7-9,11-12,25H2,1H3,(H,26,27). The van der Waals surface area contributed by atoms with Crippen LogP contribution in [0.3, 0.4) is 0 Å². The van der Waals surface area contributed by atoms with Gasteiger partial charge in [0.1, 0.15) is 5.69 Å². The van der Waals surface area contributed by atoms with Crippen molar-refractivity contribution in [1.29, 1.82) is 0 Å². The Morgan fingerprint density at radius 2 is 2.23 bits per heavy atom. The summed E-state index contributed by atoms with van der Waals surface area (Å²) < 4.78 is 44.2. The van der Waals surface area contributed by atoms with Crippen molar-refractivity contribution in [3.8, 4) is 0 Å². The molecule has 1 unspecified atom stereocenters. The van der Waals surface area contributed by atoms with Crippen molar-refractivity contribution >= 4 is 23.2 Å². The van der Waals surface area contributed by atoms with Crippen LogP contribution in [-0.2, 0) is 17.5 Å². The van der Waals surface area contributed by atoms with Crippen LogP contribution in [0.2, 0.25) is 5.02 Å². The molecule has 3 N–H and O–H groups in total. The van der Waals surface area contributed by atoms with Gasteiger partial charge in [0.2, 0.25) is 0 Å². The van der Waals surface area contributed by atoms with Crippen LogP contribution in [0, 0.1) is 0 Å². The lowest BCUT2D eigenvalue weighted by Crippen LogP contribution is -2.44. The molecule has 1 atom stereocenters. The molecule has 0 bridgehead atoms. The van der Waals surface area contributed by atoms with Gasteiger partial charge in [-0.05, 0) is 31.5 Å². The summed E-state index contributed by atoms with van der Waals surface area (Å²) >= 11 is 6.26. The third-order valence-electron chi connectivity index (χ3n) is 5.37. The fraction of sp³-hybridized carbons (Fsp3) is 0.500. The summed E-state index contributed by atoms with van der Waals surface area (Å²) in [7, 11) is 1.67. The molecule has 1 aromatic carbocycles. The Morgan fingerprint density at radius 3 is 2.87 bits per heavy atom. The first-order valence-electron chi connectivity index (χ1n) is 9.89. The summed E-state index contributed by atoms with van der Waals surface area (Å²) in [5.74, 6) is -0.609. The Bertz CT molecular complexity index is 885. The van der Waals surface area contributed by atoms with Gasteiger partial charge in [0.25, 0.3) is 5.91 Å². The fourth-order valence-corrected chi connectivity index (χ4v) is 3.84. The molecule has 1 saturated heterocycles. The van der Waals surface area contributed by atoms with Gasteiger partial charge >= 0.3 is 6.18 Å². The van der Waals surface area contributed by atoms with E-state index in [2.05, 4.69) is 15.1 Å². The molecule has 170 valence electrons. The normalized spacial score (nSPS) is 17.6. The number of H-pyrrole nitrogens is 1. The SMILES string of the molecule is COC1CCCN(CCN(Cc2c(N)cccc2Cl)C(=O)c2cc(C(F)(F)F)n[nH]2)C1. The quantitative estimate of drug-likeness (QED) is 0.619. The lowest BCUT2D eigenvalue weighted by Gasteiger charge is -2.33. The molecule has 2 aromatic rings. The van der Waals surface area contributed by atoms with Crippen LogP contribution in [-0.4, -0.2) is 65.3 Å². The molecule has 0 saturated carbocycles. The van der Waals surface area contributed by atoms with E-state index in [1.807, 2.05) is 0 Å². The van der Waals surface area contributed by atoms with Gasteiger partial charge in [0.15, 0.2) is 5.69 Å². The van der Waals surface area contributed by atoms with Crippen LogP contribution in [0.15, 0.2) is 24.3 Å². The number of aromatic amines is 1. The number of amides is 1. The van der Waals surface area contributed by atoms with Crippen molar-refractivity contribution in [1.82, 2.24) is 20.0 Å². The Kier molecular flexibility index (Phi) is 7.45. The molecule has 1 fully saturated rings. The number of hydrogen-bond donors (Lipinski definition) is 2. The van der Waals surface area contributed by atoms with Gasteiger partial charge in [-0.3, -0.25) is 14.8 Å². The van der Waals surface area contributed by atoms with E-state index in [1.54, 1.807) is 25.3 Å². The van der Waals surface area contributed by atoms with Crippen LogP contribution in [0.25, 0.3) is 0 Å². The third-order valence-corrected chi connectivity index (χ3v) is 5.73. The number of hydrogen-bond acceptors (Lipinski definition) is 5. The molecule has 1 aliphatic heterocycles. The van der Waals surface area contributed by atoms with Crippen molar-refractivity contribution in [2.24, 2.45) is 0 Å². The molecule has 0 radical (unpaired) electrons. The van der Waals surface area contributed by atoms with E-state index < -0.39 is 17.8 Å². The average Bonchev–Trinajstić information content (AvgIpc) is 3.23. The molecule has 0 spiro atoms. The number of carbonyl (C=O) groups excluding carboxylic acids is 1. The molecule has 1 aromatic heterocycles. The number of anilines is 1. The monoisotopic (exact) mass is 459 g/mol. The second-order valence-corrected chi connectivity index (χ2v) is 7.91. The van der Waals surface area contributed by atoms with E-state index >= 15 is 0 Å². The van der Waals surface area contributed by atoms with Crippen LogP contribution in [0.4, 0.5) is 18.9 Å². The highest BCUT2D eigenvalue weighted by Crippen LogP contribution is 2.29. The summed E-state index contributed by atoms with van der Waals surface area (Å²) in [6.45, 7) is 2.47. The minimum atomic E-state index is -4.64. The number of aromatic nitrogens is 2. The van der Waals surface area contributed by atoms with Crippen molar-refractivity contribution in [2.75, 3.05) is 39.0 Å². The first-order valence-corrected chi connectivity index (χ1v) is 10.3. The molecular formula is C20H25ClF3N5O2. The van der Waals surface area contributed by atoms with Gasteiger partial charge in [0.05, 0.1) is 6.10 Å². The van der Waals surface area contributed by atoms with Crippen LogP contribution >= 0.6 is 11.6 Å². The predicted molar refractivity (Wildman–Crippen MR) is 111 cm³/mol.